The van der Waals surface area contributed by atoms with Gasteiger partial charge in [-0.25, -0.2) is 9.79 Å². The van der Waals surface area contributed by atoms with E-state index in [9.17, 15) is 14.7 Å². The SMILES string of the molecule is Cn1c(O)c(C=Nc2cc(-c3c[nH]c4ccccc34)[nH]n2)c(=O)n(C)c1=O. The fourth-order valence-electron chi connectivity index (χ4n) is 2.91. The van der Waals surface area contributed by atoms with E-state index in [1.165, 1.54) is 20.3 Å². The molecule has 3 heterocycles. The first kappa shape index (κ1) is 16.6. The Hall–Kier alpha value is -3.88. The number of aliphatic imine (C=N–C) groups is 1. The zero-order valence-electron chi connectivity index (χ0n) is 14.6. The Kier molecular flexibility index (Phi) is 3.76. The van der Waals surface area contributed by atoms with Crippen molar-refractivity contribution in [3.63, 3.8) is 0 Å². The normalized spacial score (nSPS) is 11.6. The largest absolute Gasteiger partial charge is 0.494 e. The van der Waals surface area contributed by atoms with Crippen molar-refractivity contribution in [2.45, 2.75) is 0 Å². The first-order chi connectivity index (χ1) is 13.0. The number of para-hydroxylation sites is 1. The quantitative estimate of drug-likeness (QED) is 0.476. The molecule has 0 fully saturated rings. The Labute approximate surface area is 152 Å². The second-order valence-electron chi connectivity index (χ2n) is 6.09. The molecule has 3 N–H and O–H groups in total. The smallest absolute Gasteiger partial charge is 0.333 e. The second-order valence-corrected chi connectivity index (χ2v) is 6.09. The first-order valence-corrected chi connectivity index (χ1v) is 8.12. The van der Waals surface area contributed by atoms with E-state index in [0.717, 1.165) is 31.3 Å². The van der Waals surface area contributed by atoms with Crippen LogP contribution in [0.15, 0.2) is 51.1 Å². The van der Waals surface area contributed by atoms with Gasteiger partial charge >= 0.3 is 5.69 Å². The summed E-state index contributed by atoms with van der Waals surface area (Å²) in [5.74, 6) is -0.107. The Morgan fingerprint density at radius 1 is 1.19 bits per heavy atom. The molecule has 136 valence electrons. The van der Waals surface area contributed by atoms with Crippen LogP contribution in [0.5, 0.6) is 5.88 Å². The topological polar surface area (TPSA) is 121 Å². The Morgan fingerprint density at radius 3 is 2.78 bits per heavy atom. The van der Waals surface area contributed by atoms with Gasteiger partial charge in [0.05, 0.1) is 5.69 Å². The van der Waals surface area contributed by atoms with Crippen LogP contribution < -0.4 is 11.2 Å². The van der Waals surface area contributed by atoms with Crippen LogP contribution in [-0.2, 0) is 14.1 Å². The number of aromatic hydroxyl groups is 1. The van der Waals surface area contributed by atoms with Gasteiger partial charge in [0.25, 0.3) is 5.56 Å². The molecule has 0 saturated carbocycles. The van der Waals surface area contributed by atoms with E-state index in [-0.39, 0.29) is 5.56 Å². The van der Waals surface area contributed by atoms with Crippen LogP contribution in [-0.4, -0.2) is 35.6 Å². The highest BCUT2D eigenvalue weighted by Crippen LogP contribution is 2.28. The maximum absolute atomic E-state index is 12.2. The van der Waals surface area contributed by atoms with E-state index in [1.807, 2.05) is 30.5 Å². The summed E-state index contributed by atoms with van der Waals surface area (Å²) in [5.41, 5.74) is 1.38. The summed E-state index contributed by atoms with van der Waals surface area (Å²) in [7, 11) is 2.71. The van der Waals surface area contributed by atoms with Crippen LogP contribution in [0.4, 0.5) is 5.82 Å². The van der Waals surface area contributed by atoms with Crippen molar-refractivity contribution in [1.29, 1.82) is 0 Å². The van der Waals surface area contributed by atoms with Gasteiger partial charge in [-0.15, -0.1) is 0 Å². The van der Waals surface area contributed by atoms with E-state index >= 15 is 0 Å². The fraction of sp³-hybridized carbons (Fsp3) is 0.111. The van der Waals surface area contributed by atoms with Gasteiger partial charge in [-0.1, -0.05) is 18.2 Å². The molecule has 0 unspecified atom stereocenters. The van der Waals surface area contributed by atoms with E-state index in [0.29, 0.717) is 5.82 Å². The molecule has 27 heavy (non-hydrogen) atoms. The van der Waals surface area contributed by atoms with Crippen molar-refractivity contribution < 1.29 is 5.11 Å². The summed E-state index contributed by atoms with van der Waals surface area (Å²) in [6, 6.07) is 9.61. The third kappa shape index (κ3) is 2.65. The van der Waals surface area contributed by atoms with Crippen LogP contribution in [0, 0.1) is 0 Å². The van der Waals surface area contributed by atoms with Crippen molar-refractivity contribution in [3.05, 3.63) is 62.9 Å². The van der Waals surface area contributed by atoms with Gasteiger partial charge in [0, 0.05) is 49.0 Å². The number of aromatic amines is 2. The van der Waals surface area contributed by atoms with E-state index in [2.05, 4.69) is 20.2 Å². The molecule has 1 aromatic carbocycles. The number of hydrogen-bond donors (Lipinski definition) is 3. The molecule has 0 spiro atoms. The third-order valence-electron chi connectivity index (χ3n) is 4.44. The minimum absolute atomic E-state index is 0.0868. The summed E-state index contributed by atoms with van der Waals surface area (Å²) in [5, 5.41) is 18.1. The molecular formula is C18H16N6O3. The molecule has 0 radical (unpaired) electrons. The number of nitrogens with zero attached hydrogens (tertiary/aromatic N) is 4. The fourth-order valence-corrected chi connectivity index (χ4v) is 2.91. The van der Waals surface area contributed by atoms with Crippen molar-refractivity contribution >= 4 is 22.9 Å². The van der Waals surface area contributed by atoms with E-state index in [4.69, 9.17) is 0 Å². The zero-order chi connectivity index (χ0) is 19.1. The molecule has 4 aromatic rings. The summed E-state index contributed by atoms with van der Waals surface area (Å²) >= 11 is 0. The Morgan fingerprint density at radius 2 is 1.96 bits per heavy atom. The van der Waals surface area contributed by atoms with Crippen molar-refractivity contribution in [3.8, 4) is 17.1 Å². The van der Waals surface area contributed by atoms with Gasteiger partial charge in [-0.05, 0) is 6.07 Å². The number of hydrogen-bond acceptors (Lipinski definition) is 5. The molecule has 3 aromatic heterocycles. The number of benzene rings is 1. The molecule has 0 atom stereocenters. The molecule has 9 nitrogen and oxygen atoms in total. The molecule has 0 amide bonds. The zero-order valence-corrected chi connectivity index (χ0v) is 14.6. The number of fused-ring (bicyclic) bond motifs is 1. The molecule has 4 rings (SSSR count). The Bertz CT molecular complexity index is 1300. The van der Waals surface area contributed by atoms with E-state index in [1.54, 1.807) is 6.07 Å². The first-order valence-electron chi connectivity index (χ1n) is 8.12. The van der Waals surface area contributed by atoms with Crippen LogP contribution >= 0.6 is 0 Å². The third-order valence-corrected chi connectivity index (χ3v) is 4.44. The molecule has 0 bridgehead atoms. The molecule has 0 aliphatic carbocycles. The van der Waals surface area contributed by atoms with Crippen LogP contribution in [0.3, 0.4) is 0 Å². The number of rotatable bonds is 3. The highest BCUT2D eigenvalue weighted by Gasteiger charge is 2.13. The number of H-pyrrole nitrogens is 2. The highest BCUT2D eigenvalue weighted by atomic mass is 16.3. The summed E-state index contributed by atoms with van der Waals surface area (Å²) in [4.78, 5) is 31.3. The molecular weight excluding hydrogens is 348 g/mol. The minimum atomic E-state index is -0.633. The molecule has 0 aliphatic rings. The molecule has 0 aliphatic heterocycles. The van der Waals surface area contributed by atoms with Crippen LogP contribution in [0.25, 0.3) is 22.2 Å². The average Bonchev–Trinajstić information content (AvgIpc) is 3.31. The van der Waals surface area contributed by atoms with Gasteiger partial charge in [-0.3, -0.25) is 19.0 Å². The number of aromatic nitrogens is 5. The van der Waals surface area contributed by atoms with Gasteiger partial charge in [0.2, 0.25) is 5.88 Å². The summed E-state index contributed by atoms with van der Waals surface area (Å²) in [6.45, 7) is 0. The average molecular weight is 364 g/mol. The maximum atomic E-state index is 12.2. The summed E-state index contributed by atoms with van der Waals surface area (Å²) in [6.07, 6.45) is 3.08. The highest BCUT2D eigenvalue weighted by molar-refractivity contribution is 5.95. The number of nitrogens with one attached hydrogen (secondary N) is 2. The van der Waals surface area contributed by atoms with Gasteiger partial charge in [0.1, 0.15) is 5.56 Å². The monoisotopic (exact) mass is 364 g/mol. The Balaban J connectivity index is 1.72. The van der Waals surface area contributed by atoms with Crippen molar-refractivity contribution in [2.75, 3.05) is 0 Å². The van der Waals surface area contributed by atoms with Crippen molar-refractivity contribution in [2.24, 2.45) is 19.1 Å². The maximum Gasteiger partial charge on any atom is 0.333 e. The van der Waals surface area contributed by atoms with Crippen LogP contribution in [0.1, 0.15) is 5.56 Å². The van der Waals surface area contributed by atoms with Crippen molar-refractivity contribution in [1.82, 2.24) is 24.3 Å². The lowest BCUT2D eigenvalue weighted by Crippen LogP contribution is -2.38. The van der Waals surface area contributed by atoms with Gasteiger partial charge in [0.15, 0.2) is 5.82 Å². The predicted molar refractivity (Wildman–Crippen MR) is 102 cm³/mol. The van der Waals surface area contributed by atoms with Gasteiger partial charge in [-0.2, -0.15) is 5.10 Å². The lowest BCUT2D eigenvalue weighted by molar-refractivity contribution is 0.410. The predicted octanol–water partition coefficient (Wildman–Crippen LogP) is 1.41. The molecule has 9 heteroatoms. The van der Waals surface area contributed by atoms with E-state index < -0.39 is 17.1 Å². The lowest BCUT2D eigenvalue weighted by atomic mass is 10.1. The summed E-state index contributed by atoms with van der Waals surface area (Å²) < 4.78 is 1.88. The van der Waals surface area contributed by atoms with Gasteiger partial charge < -0.3 is 10.1 Å². The molecule has 0 saturated heterocycles. The second kappa shape index (κ2) is 6.13. The lowest BCUT2D eigenvalue weighted by Gasteiger charge is -2.06. The van der Waals surface area contributed by atoms with Crippen LogP contribution in [0.2, 0.25) is 0 Å². The standard InChI is InChI=1S/C18H16N6O3/c1-23-16(25)12(17(26)24(2)18(23)27)9-20-15-7-14(21-22-15)11-8-19-13-6-4-3-5-10(11)13/h3-9,19,25H,1-2H3,(H,21,22). The minimum Gasteiger partial charge on any atom is -0.494 e.